The summed E-state index contributed by atoms with van der Waals surface area (Å²) in [4.78, 5) is 12.6. The predicted octanol–water partition coefficient (Wildman–Crippen LogP) is 5.61. The van der Waals surface area contributed by atoms with E-state index < -0.39 is 0 Å². The third-order valence-corrected chi connectivity index (χ3v) is 5.13. The molecule has 0 amide bonds. The average molecular weight is 331 g/mol. The Morgan fingerprint density at radius 1 is 1.15 bits per heavy atom. The number of benzene rings is 1. The number of aryl methyl sites for hydroxylation is 1. The fourth-order valence-corrected chi connectivity index (χ4v) is 3.56. The van der Waals surface area contributed by atoms with E-state index >= 15 is 0 Å². The number of fused-ring (bicyclic) bond motifs is 1. The monoisotopic (exact) mass is 330 g/mol. The zero-order chi connectivity index (χ0) is 15.2. The molecule has 0 fully saturated rings. The van der Waals surface area contributed by atoms with Crippen molar-refractivity contribution in [1.82, 2.24) is 0 Å². The highest BCUT2D eigenvalue weighted by Gasteiger charge is 2.21. The van der Waals surface area contributed by atoms with E-state index in [0.29, 0.717) is 21.2 Å². The molecule has 0 bridgehead atoms. The van der Waals surface area contributed by atoms with Gasteiger partial charge in [0, 0.05) is 20.6 Å². The van der Waals surface area contributed by atoms with Crippen LogP contribution in [0.15, 0.2) is 20.2 Å². The van der Waals surface area contributed by atoms with Crippen molar-refractivity contribution in [3.8, 4) is 0 Å². The number of thioether (sulfide) groups is 1. The van der Waals surface area contributed by atoms with E-state index in [1.54, 1.807) is 18.7 Å². The molecule has 1 aromatic heterocycles. The minimum Gasteiger partial charge on any atom is -0.421 e. The number of hydrogen-bond donors (Lipinski definition) is 0. The van der Waals surface area contributed by atoms with Crippen LogP contribution in [0, 0.1) is 13.8 Å². The molecular weight excluding hydrogens is 315 g/mol. The molecule has 0 spiro atoms. The average Bonchev–Trinajstić information content (AvgIpc) is 2.33. The summed E-state index contributed by atoms with van der Waals surface area (Å²) in [5.41, 5.74) is 1.50. The molecule has 0 saturated heterocycles. The van der Waals surface area contributed by atoms with Crippen LogP contribution >= 0.6 is 35.0 Å². The van der Waals surface area contributed by atoms with Crippen molar-refractivity contribution in [1.29, 1.82) is 0 Å². The summed E-state index contributed by atoms with van der Waals surface area (Å²) >= 11 is 14.3. The third-order valence-electron chi connectivity index (χ3n) is 3.01. The molecule has 1 heterocycles. The van der Waals surface area contributed by atoms with Crippen molar-refractivity contribution in [2.24, 2.45) is 0 Å². The van der Waals surface area contributed by atoms with Crippen molar-refractivity contribution in [3.05, 3.63) is 37.7 Å². The van der Waals surface area contributed by atoms with Crippen LogP contribution in [-0.4, -0.2) is 4.75 Å². The van der Waals surface area contributed by atoms with E-state index in [-0.39, 0.29) is 10.4 Å². The fourth-order valence-electron chi connectivity index (χ4n) is 1.89. The molecule has 2 aromatic rings. The van der Waals surface area contributed by atoms with E-state index in [0.717, 1.165) is 15.8 Å². The van der Waals surface area contributed by atoms with Crippen molar-refractivity contribution in [2.75, 3.05) is 0 Å². The largest absolute Gasteiger partial charge is 0.421 e. The van der Waals surface area contributed by atoms with Gasteiger partial charge in [0.2, 0.25) is 0 Å². The van der Waals surface area contributed by atoms with Gasteiger partial charge in [0.25, 0.3) is 0 Å². The molecule has 1 aromatic carbocycles. The van der Waals surface area contributed by atoms with Gasteiger partial charge in [-0.15, -0.1) is 11.8 Å². The summed E-state index contributed by atoms with van der Waals surface area (Å²) in [6.07, 6.45) is 0. The summed E-state index contributed by atoms with van der Waals surface area (Å²) in [7, 11) is 0. The van der Waals surface area contributed by atoms with Gasteiger partial charge in [-0.3, -0.25) is 0 Å². The molecule has 20 heavy (non-hydrogen) atoms. The van der Waals surface area contributed by atoms with Gasteiger partial charge in [0.05, 0.1) is 10.0 Å². The van der Waals surface area contributed by atoms with Gasteiger partial charge < -0.3 is 4.42 Å². The molecule has 2 rings (SSSR count). The number of hydrogen-bond acceptors (Lipinski definition) is 3. The van der Waals surface area contributed by atoms with Crippen molar-refractivity contribution in [2.45, 2.75) is 44.3 Å². The quantitative estimate of drug-likeness (QED) is 0.503. The first-order valence-corrected chi connectivity index (χ1v) is 7.80. The standard InChI is InChI=1S/C15H16Cl2O2S/c1-7-8(2)14(18)19-12-9(7)6-10(16)13(11(12)17)20-15(3,4)5/h6H,1-5H3. The Balaban J connectivity index is 2.83. The Morgan fingerprint density at radius 2 is 1.75 bits per heavy atom. The van der Waals surface area contributed by atoms with E-state index in [2.05, 4.69) is 20.8 Å². The van der Waals surface area contributed by atoms with Crippen LogP contribution in [0.1, 0.15) is 31.9 Å². The van der Waals surface area contributed by atoms with Crippen LogP contribution < -0.4 is 5.63 Å². The molecule has 0 saturated carbocycles. The predicted molar refractivity (Wildman–Crippen MR) is 87.6 cm³/mol. The van der Waals surface area contributed by atoms with Gasteiger partial charge >= 0.3 is 5.63 Å². The maximum absolute atomic E-state index is 11.8. The third kappa shape index (κ3) is 2.85. The summed E-state index contributed by atoms with van der Waals surface area (Å²) in [5, 5.41) is 1.78. The fraction of sp³-hybridized carbons (Fsp3) is 0.400. The van der Waals surface area contributed by atoms with E-state index in [1.165, 1.54) is 0 Å². The van der Waals surface area contributed by atoms with Crippen LogP contribution in [0.3, 0.4) is 0 Å². The van der Waals surface area contributed by atoms with E-state index in [4.69, 9.17) is 27.6 Å². The summed E-state index contributed by atoms with van der Waals surface area (Å²) in [5.74, 6) is 0. The van der Waals surface area contributed by atoms with Gasteiger partial charge in [-0.05, 0) is 25.5 Å². The lowest BCUT2D eigenvalue weighted by atomic mass is 10.1. The molecular formula is C15H16Cl2O2S. The van der Waals surface area contributed by atoms with Crippen molar-refractivity contribution < 1.29 is 4.42 Å². The zero-order valence-corrected chi connectivity index (χ0v) is 14.4. The summed E-state index contributed by atoms with van der Waals surface area (Å²) < 4.78 is 5.31. The van der Waals surface area contributed by atoms with Crippen LogP contribution in [0.5, 0.6) is 0 Å². The van der Waals surface area contributed by atoms with Crippen LogP contribution in [-0.2, 0) is 0 Å². The van der Waals surface area contributed by atoms with Gasteiger partial charge in [0.15, 0.2) is 5.58 Å². The van der Waals surface area contributed by atoms with E-state index in [9.17, 15) is 4.79 Å². The Morgan fingerprint density at radius 3 is 2.30 bits per heavy atom. The first-order valence-electron chi connectivity index (χ1n) is 6.23. The lowest BCUT2D eigenvalue weighted by molar-refractivity contribution is 0.553. The first kappa shape index (κ1) is 15.7. The Labute approximate surface area is 132 Å². The summed E-state index contributed by atoms with van der Waals surface area (Å²) in [6.45, 7) is 9.83. The van der Waals surface area contributed by atoms with Gasteiger partial charge in [-0.25, -0.2) is 4.79 Å². The minimum atomic E-state index is -0.356. The highest BCUT2D eigenvalue weighted by molar-refractivity contribution is 8.00. The van der Waals surface area contributed by atoms with Crippen LogP contribution in [0.2, 0.25) is 10.0 Å². The minimum absolute atomic E-state index is 0.0407. The first-order chi connectivity index (χ1) is 9.11. The zero-order valence-electron chi connectivity index (χ0n) is 12.1. The Kier molecular flexibility index (Phi) is 4.16. The molecule has 2 nitrogen and oxygen atoms in total. The molecule has 5 heteroatoms. The molecule has 0 unspecified atom stereocenters. The normalized spacial score (nSPS) is 12.2. The highest BCUT2D eigenvalue weighted by Crippen LogP contribution is 2.44. The topological polar surface area (TPSA) is 30.2 Å². The van der Waals surface area contributed by atoms with Crippen molar-refractivity contribution in [3.63, 3.8) is 0 Å². The van der Waals surface area contributed by atoms with Crippen LogP contribution in [0.25, 0.3) is 11.0 Å². The van der Waals surface area contributed by atoms with Gasteiger partial charge in [0.1, 0.15) is 0 Å². The highest BCUT2D eigenvalue weighted by atomic mass is 35.5. The molecule has 0 aliphatic rings. The van der Waals surface area contributed by atoms with Gasteiger partial charge in [-0.2, -0.15) is 0 Å². The second-order valence-corrected chi connectivity index (χ2v) is 8.35. The number of halogens is 2. The SMILES string of the molecule is Cc1c(C)c2cc(Cl)c(SC(C)(C)C)c(Cl)c2oc1=O. The lowest BCUT2D eigenvalue weighted by Gasteiger charge is -2.20. The maximum Gasteiger partial charge on any atom is 0.339 e. The molecule has 0 atom stereocenters. The molecule has 0 aliphatic carbocycles. The Hall–Kier alpha value is -0.640. The Bertz CT molecular complexity index is 742. The molecule has 0 N–H and O–H groups in total. The number of rotatable bonds is 1. The van der Waals surface area contributed by atoms with Crippen molar-refractivity contribution >= 4 is 45.9 Å². The maximum atomic E-state index is 11.8. The second-order valence-electron chi connectivity index (χ2n) is 5.73. The molecule has 108 valence electrons. The van der Waals surface area contributed by atoms with Crippen LogP contribution in [0.4, 0.5) is 0 Å². The van der Waals surface area contributed by atoms with E-state index in [1.807, 2.05) is 13.0 Å². The second kappa shape index (κ2) is 5.28. The molecule has 0 radical (unpaired) electrons. The molecule has 0 aliphatic heterocycles. The smallest absolute Gasteiger partial charge is 0.339 e. The lowest BCUT2D eigenvalue weighted by Crippen LogP contribution is -2.08. The summed E-state index contributed by atoms with van der Waals surface area (Å²) in [6, 6.07) is 1.82. The van der Waals surface area contributed by atoms with Gasteiger partial charge in [-0.1, -0.05) is 44.0 Å².